The average molecular weight is 197 g/mol. The van der Waals surface area contributed by atoms with E-state index in [1.165, 1.54) is 45.7 Å². The van der Waals surface area contributed by atoms with E-state index in [4.69, 9.17) is 0 Å². The first-order valence-electron chi connectivity index (χ1n) is 5.89. The molecule has 14 heavy (non-hydrogen) atoms. The van der Waals surface area contributed by atoms with Gasteiger partial charge in [-0.3, -0.25) is 4.90 Å². The highest BCUT2D eigenvalue weighted by molar-refractivity contribution is 4.81. The molecule has 2 aliphatic heterocycles. The summed E-state index contributed by atoms with van der Waals surface area (Å²) in [6, 6.07) is 0.731. The predicted molar refractivity (Wildman–Crippen MR) is 59.5 cm³/mol. The van der Waals surface area contributed by atoms with Gasteiger partial charge in [-0.2, -0.15) is 0 Å². The number of hydrogen-bond donors (Lipinski definition) is 1. The lowest BCUT2D eigenvalue weighted by molar-refractivity contribution is 0.149. The third-order valence-corrected chi connectivity index (χ3v) is 3.62. The molecule has 2 fully saturated rings. The van der Waals surface area contributed by atoms with E-state index in [-0.39, 0.29) is 0 Å². The van der Waals surface area contributed by atoms with E-state index < -0.39 is 0 Å². The van der Waals surface area contributed by atoms with Crippen LogP contribution in [-0.2, 0) is 0 Å². The summed E-state index contributed by atoms with van der Waals surface area (Å²) in [6.45, 7) is 9.83. The Hall–Kier alpha value is -0.120. The molecule has 3 nitrogen and oxygen atoms in total. The predicted octanol–water partition coefficient (Wildman–Crippen LogP) is 0.232. The molecule has 0 amide bonds. The minimum absolute atomic E-state index is 0.731. The molecule has 3 heteroatoms. The third kappa shape index (κ3) is 2.47. The third-order valence-electron chi connectivity index (χ3n) is 3.62. The Kier molecular flexibility index (Phi) is 3.42. The van der Waals surface area contributed by atoms with Gasteiger partial charge >= 0.3 is 0 Å². The van der Waals surface area contributed by atoms with Crippen molar-refractivity contribution in [3.05, 3.63) is 0 Å². The number of likely N-dealkylation sites (tertiary alicyclic amines) is 1. The van der Waals surface area contributed by atoms with Gasteiger partial charge in [-0.1, -0.05) is 0 Å². The first-order chi connectivity index (χ1) is 6.75. The van der Waals surface area contributed by atoms with Crippen LogP contribution in [0.5, 0.6) is 0 Å². The van der Waals surface area contributed by atoms with Crippen molar-refractivity contribution in [2.24, 2.45) is 5.92 Å². The van der Waals surface area contributed by atoms with Crippen LogP contribution in [0.3, 0.4) is 0 Å². The molecule has 0 aromatic carbocycles. The van der Waals surface area contributed by atoms with Crippen molar-refractivity contribution in [2.45, 2.75) is 19.4 Å². The van der Waals surface area contributed by atoms with E-state index >= 15 is 0 Å². The highest BCUT2D eigenvalue weighted by atomic mass is 15.2. The summed E-state index contributed by atoms with van der Waals surface area (Å²) >= 11 is 0. The highest BCUT2D eigenvalue weighted by Gasteiger charge is 2.25. The van der Waals surface area contributed by atoms with Gasteiger partial charge in [0, 0.05) is 38.8 Å². The topological polar surface area (TPSA) is 18.5 Å². The van der Waals surface area contributed by atoms with Crippen LogP contribution in [0.2, 0.25) is 0 Å². The van der Waals surface area contributed by atoms with E-state index in [0.717, 1.165) is 12.0 Å². The Labute approximate surface area is 87.4 Å². The summed E-state index contributed by atoms with van der Waals surface area (Å²) in [5.74, 6) is 0.917. The van der Waals surface area contributed by atoms with Crippen molar-refractivity contribution < 1.29 is 0 Å². The Balaban J connectivity index is 1.78. The Morgan fingerprint density at radius 2 is 2.21 bits per heavy atom. The van der Waals surface area contributed by atoms with Crippen LogP contribution in [0.4, 0.5) is 0 Å². The second-order valence-electron chi connectivity index (χ2n) is 4.97. The summed E-state index contributed by atoms with van der Waals surface area (Å²) in [7, 11) is 2.24. The van der Waals surface area contributed by atoms with Gasteiger partial charge in [0.15, 0.2) is 0 Å². The van der Waals surface area contributed by atoms with Crippen LogP contribution in [0.25, 0.3) is 0 Å². The number of nitrogens with zero attached hydrogens (tertiary/aromatic N) is 2. The molecule has 0 aromatic heterocycles. The van der Waals surface area contributed by atoms with Crippen molar-refractivity contribution in [3.63, 3.8) is 0 Å². The van der Waals surface area contributed by atoms with Gasteiger partial charge in [-0.05, 0) is 32.9 Å². The first-order valence-corrected chi connectivity index (χ1v) is 5.89. The maximum atomic E-state index is 3.45. The van der Waals surface area contributed by atoms with E-state index in [2.05, 4.69) is 29.1 Å². The molecule has 0 saturated carbocycles. The SMILES string of the molecule is C[C@@H]1CNCCN1C[C@H]1CCN(C)C1. The minimum Gasteiger partial charge on any atom is -0.314 e. The van der Waals surface area contributed by atoms with Gasteiger partial charge in [0.1, 0.15) is 0 Å². The van der Waals surface area contributed by atoms with Gasteiger partial charge < -0.3 is 10.2 Å². The van der Waals surface area contributed by atoms with E-state index in [9.17, 15) is 0 Å². The molecule has 0 aliphatic carbocycles. The van der Waals surface area contributed by atoms with Crippen molar-refractivity contribution in [2.75, 3.05) is 46.3 Å². The zero-order valence-electron chi connectivity index (χ0n) is 9.50. The summed E-state index contributed by atoms with van der Waals surface area (Å²) in [5.41, 5.74) is 0. The quantitative estimate of drug-likeness (QED) is 0.684. The number of piperazine rings is 1. The Morgan fingerprint density at radius 3 is 2.86 bits per heavy atom. The number of hydrogen-bond acceptors (Lipinski definition) is 3. The van der Waals surface area contributed by atoms with Crippen LogP contribution < -0.4 is 5.32 Å². The van der Waals surface area contributed by atoms with Crippen LogP contribution in [-0.4, -0.2) is 62.2 Å². The molecule has 0 aromatic rings. The van der Waals surface area contributed by atoms with E-state index in [1.807, 2.05) is 0 Å². The van der Waals surface area contributed by atoms with Gasteiger partial charge in [0.2, 0.25) is 0 Å². The molecule has 0 radical (unpaired) electrons. The van der Waals surface area contributed by atoms with Crippen molar-refractivity contribution >= 4 is 0 Å². The normalized spacial score (nSPS) is 36.4. The minimum atomic E-state index is 0.731. The zero-order chi connectivity index (χ0) is 9.97. The molecule has 2 atom stereocenters. The molecule has 1 N–H and O–H groups in total. The lowest BCUT2D eigenvalue weighted by atomic mass is 10.1. The smallest absolute Gasteiger partial charge is 0.0193 e. The molecule has 0 unspecified atom stereocenters. The molecule has 2 rings (SSSR count). The fraction of sp³-hybridized carbons (Fsp3) is 1.00. The second-order valence-corrected chi connectivity index (χ2v) is 4.97. The Bertz CT molecular complexity index is 183. The average Bonchev–Trinajstić information content (AvgIpc) is 2.56. The largest absolute Gasteiger partial charge is 0.314 e. The van der Waals surface area contributed by atoms with E-state index in [1.54, 1.807) is 0 Å². The van der Waals surface area contributed by atoms with Crippen molar-refractivity contribution in [1.82, 2.24) is 15.1 Å². The summed E-state index contributed by atoms with van der Waals surface area (Å²) in [6.07, 6.45) is 1.40. The van der Waals surface area contributed by atoms with Crippen molar-refractivity contribution in [3.8, 4) is 0 Å². The molecule has 0 bridgehead atoms. The fourth-order valence-corrected chi connectivity index (χ4v) is 2.66. The molecular weight excluding hydrogens is 174 g/mol. The molecule has 2 heterocycles. The standard InChI is InChI=1S/C11H23N3/c1-10-7-12-4-6-14(10)9-11-3-5-13(2)8-11/h10-12H,3-9H2,1-2H3/t10-,11+/m1/s1. The lowest BCUT2D eigenvalue weighted by Gasteiger charge is -2.35. The fourth-order valence-electron chi connectivity index (χ4n) is 2.66. The molecule has 82 valence electrons. The van der Waals surface area contributed by atoms with Crippen LogP contribution in [0.15, 0.2) is 0 Å². The Morgan fingerprint density at radius 1 is 1.36 bits per heavy atom. The second kappa shape index (κ2) is 4.60. The summed E-state index contributed by atoms with van der Waals surface area (Å²) in [4.78, 5) is 5.11. The molecule has 2 aliphatic rings. The van der Waals surface area contributed by atoms with Crippen molar-refractivity contribution in [1.29, 1.82) is 0 Å². The maximum absolute atomic E-state index is 3.45. The van der Waals surface area contributed by atoms with Crippen LogP contribution in [0.1, 0.15) is 13.3 Å². The van der Waals surface area contributed by atoms with Gasteiger partial charge in [-0.25, -0.2) is 0 Å². The van der Waals surface area contributed by atoms with Gasteiger partial charge in [-0.15, -0.1) is 0 Å². The molecular formula is C11H23N3. The van der Waals surface area contributed by atoms with Gasteiger partial charge in [0.05, 0.1) is 0 Å². The monoisotopic (exact) mass is 197 g/mol. The van der Waals surface area contributed by atoms with Gasteiger partial charge in [0.25, 0.3) is 0 Å². The maximum Gasteiger partial charge on any atom is 0.0193 e. The highest BCUT2D eigenvalue weighted by Crippen LogP contribution is 2.17. The molecule has 2 saturated heterocycles. The first kappa shape index (κ1) is 10.4. The number of rotatable bonds is 2. The lowest BCUT2D eigenvalue weighted by Crippen LogP contribution is -2.51. The van der Waals surface area contributed by atoms with Crippen LogP contribution >= 0.6 is 0 Å². The van der Waals surface area contributed by atoms with E-state index in [0.29, 0.717) is 0 Å². The summed E-state index contributed by atoms with van der Waals surface area (Å²) < 4.78 is 0. The summed E-state index contributed by atoms with van der Waals surface area (Å²) in [5, 5.41) is 3.45. The zero-order valence-corrected chi connectivity index (χ0v) is 9.50. The molecule has 0 spiro atoms. The number of nitrogens with one attached hydrogen (secondary N) is 1. The van der Waals surface area contributed by atoms with Crippen LogP contribution in [0, 0.1) is 5.92 Å².